The topological polar surface area (TPSA) is 84.2 Å². The smallest absolute Gasteiger partial charge is 0.319 e. The van der Waals surface area contributed by atoms with Crippen molar-refractivity contribution in [1.82, 2.24) is 24.9 Å². The number of nitrogens with one attached hydrogen (secondary N) is 2. The second-order valence-electron chi connectivity index (χ2n) is 7.05. The van der Waals surface area contributed by atoms with E-state index in [1.54, 1.807) is 16.3 Å². The van der Waals surface area contributed by atoms with Gasteiger partial charge >= 0.3 is 6.03 Å². The van der Waals surface area contributed by atoms with Gasteiger partial charge < -0.3 is 10.6 Å². The average Bonchev–Trinajstić information content (AvgIpc) is 3.24. The van der Waals surface area contributed by atoms with E-state index in [-0.39, 0.29) is 6.03 Å². The monoisotopic (exact) mass is 432 g/mol. The van der Waals surface area contributed by atoms with E-state index >= 15 is 0 Å². The van der Waals surface area contributed by atoms with Crippen LogP contribution in [0.4, 0.5) is 10.5 Å². The summed E-state index contributed by atoms with van der Waals surface area (Å²) in [5, 5.41) is 11.1. The number of fused-ring (bicyclic) bond motifs is 1. The van der Waals surface area contributed by atoms with Crippen molar-refractivity contribution in [2.75, 3.05) is 11.9 Å². The number of carbonyl (C=O) groups is 1. The molecular weight excluding hydrogens is 408 g/mol. The summed E-state index contributed by atoms with van der Waals surface area (Å²) in [4.78, 5) is 22.0. The molecule has 8 heteroatoms. The van der Waals surface area contributed by atoms with Crippen molar-refractivity contribution >= 4 is 29.3 Å². The molecule has 2 heterocycles. The summed E-state index contributed by atoms with van der Waals surface area (Å²) in [7, 11) is 0. The molecular formula is C23H24N6OS. The first-order chi connectivity index (χ1) is 15.1. The first kappa shape index (κ1) is 20.9. The van der Waals surface area contributed by atoms with Crippen LogP contribution in [-0.2, 0) is 12.8 Å². The molecule has 2 amide bonds. The zero-order chi connectivity index (χ0) is 21.6. The van der Waals surface area contributed by atoms with Crippen LogP contribution in [0.3, 0.4) is 0 Å². The maximum absolute atomic E-state index is 12.2. The van der Waals surface area contributed by atoms with Gasteiger partial charge in [0, 0.05) is 28.4 Å². The van der Waals surface area contributed by atoms with E-state index in [2.05, 4.69) is 44.8 Å². The van der Waals surface area contributed by atoms with Gasteiger partial charge in [-0.05, 0) is 49.6 Å². The molecule has 0 aliphatic rings. The Hall–Kier alpha value is -3.39. The van der Waals surface area contributed by atoms with Gasteiger partial charge in [-0.1, -0.05) is 49.0 Å². The first-order valence-electron chi connectivity index (χ1n) is 10.2. The van der Waals surface area contributed by atoms with Crippen LogP contribution >= 0.6 is 11.8 Å². The lowest BCUT2D eigenvalue weighted by atomic mass is 10.1. The van der Waals surface area contributed by atoms with E-state index < -0.39 is 0 Å². The highest BCUT2D eigenvalue weighted by molar-refractivity contribution is 7.99. The molecule has 7 nitrogen and oxygen atoms in total. The van der Waals surface area contributed by atoms with Crippen LogP contribution < -0.4 is 10.6 Å². The van der Waals surface area contributed by atoms with Gasteiger partial charge in [0.25, 0.3) is 5.78 Å². The Balaban J connectivity index is 1.38. The van der Waals surface area contributed by atoms with Gasteiger partial charge in [0.2, 0.25) is 0 Å². The normalized spacial score (nSPS) is 10.9. The van der Waals surface area contributed by atoms with Crippen LogP contribution in [0.5, 0.6) is 0 Å². The number of rotatable bonds is 7. The number of benzene rings is 2. The van der Waals surface area contributed by atoms with Gasteiger partial charge in [0.05, 0.1) is 0 Å². The minimum Gasteiger partial charge on any atom is -0.338 e. The van der Waals surface area contributed by atoms with Crippen molar-refractivity contribution in [3.8, 4) is 0 Å². The number of hydrogen-bond acceptors (Lipinski definition) is 5. The van der Waals surface area contributed by atoms with Crippen LogP contribution in [0.25, 0.3) is 5.78 Å². The molecule has 0 aliphatic heterocycles. The van der Waals surface area contributed by atoms with E-state index in [1.807, 2.05) is 49.4 Å². The van der Waals surface area contributed by atoms with E-state index in [9.17, 15) is 4.79 Å². The highest BCUT2D eigenvalue weighted by atomic mass is 32.2. The van der Waals surface area contributed by atoms with Crippen LogP contribution in [0.1, 0.15) is 23.7 Å². The number of nitrogens with zero attached hydrogens (tertiary/aromatic N) is 4. The van der Waals surface area contributed by atoms with Crippen molar-refractivity contribution in [2.24, 2.45) is 0 Å². The Morgan fingerprint density at radius 2 is 1.87 bits per heavy atom. The molecule has 31 heavy (non-hydrogen) atoms. The molecule has 158 valence electrons. The predicted molar refractivity (Wildman–Crippen MR) is 123 cm³/mol. The van der Waals surface area contributed by atoms with E-state index in [0.717, 1.165) is 39.7 Å². The van der Waals surface area contributed by atoms with Crippen LogP contribution in [-0.4, -0.2) is 32.2 Å². The molecule has 0 radical (unpaired) electrons. The van der Waals surface area contributed by atoms with Gasteiger partial charge in [-0.2, -0.15) is 14.6 Å². The summed E-state index contributed by atoms with van der Waals surface area (Å²) in [6.07, 6.45) is 3.18. The molecule has 0 saturated heterocycles. The van der Waals surface area contributed by atoms with Crippen molar-refractivity contribution in [3.63, 3.8) is 0 Å². The predicted octanol–water partition coefficient (Wildman–Crippen LogP) is 4.51. The molecule has 0 fully saturated rings. The Kier molecular flexibility index (Phi) is 6.47. The Morgan fingerprint density at radius 1 is 1.10 bits per heavy atom. The number of amides is 2. The maximum Gasteiger partial charge on any atom is 0.319 e. The third-order valence-corrected chi connectivity index (χ3v) is 6.03. The van der Waals surface area contributed by atoms with Crippen molar-refractivity contribution in [2.45, 2.75) is 36.6 Å². The van der Waals surface area contributed by atoms with Crippen LogP contribution in [0.2, 0.25) is 0 Å². The molecule has 0 unspecified atom stereocenters. The summed E-state index contributed by atoms with van der Waals surface area (Å²) in [6, 6.07) is 17.7. The van der Waals surface area contributed by atoms with Crippen molar-refractivity contribution in [1.29, 1.82) is 0 Å². The van der Waals surface area contributed by atoms with Gasteiger partial charge in [-0.3, -0.25) is 0 Å². The van der Waals surface area contributed by atoms with Crippen molar-refractivity contribution < 1.29 is 4.79 Å². The second kappa shape index (κ2) is 9.61. The zero-order valence-electron chi connectivity index (χ0n) is 17.5. The van der Waals surface area contributed by atoms with E-state index in [1.165, 1.54) is 11.9 Å². The lowest BCUT2D eigenvalue weighted by Crippen LogP contribution is -2.30. The number of aryl methyl sites for hydroxylation is 1. The highest BCUT2D eigenvalue weighted by Gasteiger charge is 2.14. The number of anilines is 1. The Bertz CT molecular complexity index is 1170. The van der Waals surface area contributed by atoms with Gasteiger partial charge in [-0.15, -0.1) is 0 Å². The number of hydrogen-bond donors (Lipinski definition) is 2. The minimum absolute atomic E-state index is 0.210. The van der Waals surface area contributed by atoms with E-state index in [4.69, 9.17) is 0 Å². The summed E-state index contributed by atoms with van der Waals surface area (Å²) < 4.78 is 1.78. The largest absolute Gasteiger partial charge is 0.338 e. The molecule has 2 aromatic carbocycles. The zero-order valence-corrected chi connectivity index (χ0v) is 18.3. The van der Waals surface area contributed by atoms with Gasteiger partial charge in [0.15, 0.2) is 0 Å². The second-order valence-corrected chi connectivity index (χ2v) is 8.11. The molecule has 0 atom stereocenters. The van der Waals surface area contributed by atoms with Crippen LogP contribution in [0.15, 0.2) is 70.8 Å². The standard InChI is InChI=1S/C23H24N6OS/c1-3-20-16(2)27-22-25-15-26-29(22)21(20)31-19-11-9-18(10-12-19)28-23(30)24-14-13-17-7-5-4-6-8-17/h4-12,15H,3,13-14H2,1-2H3,(H2,24,28,30). The summed E-state index contributed by atoms with van der Waals surface area (Å²) in [5.74, 6) is 0.600. The summed E-state index contributed by atoms with van der Waals surface area (Å²) in [6.45, 7) is 4.69. The van der Waals surface area contributed by atoms with Gasteiger partial charge in [0.1, 0.15) is 11.4 Å². The SMILES string of the molecule is CCc1c(C)nc2ncnn2c1Sc1ccc(NC(=O)NCCc2ccccc2)cc1. The fourth-order valence-electron chi connectivity index (χ4n) is 3.33. The third kappa shape index (κ3) is 5.03. The Morgan fingerprint density at radius 3 is 2.61 bits per heavy atom. The van der Waals surface area contributed by atoms with Crippen molar-refractivity contribution in [3.05, 3.63) is 77.7 Å². The number of carbonyl (C=O) groups excluding carboxylic acids is 1. The molecule has 4 aromatic rings. The van der Waals surface area contributed by atoms with Crippen LogP contribution in [0, 0.1) is 6.92 Å². The molecule has 0 bridgehead atoms. The maximum atomic E-state index is 12.2. The highest BCUT2D eigenvalue weighted by Crippen LogP contribution is 2.32. The summed E-state index contributed by atoms with van der Waals surface area (Å²) in [5.41, 5.74) is 4.07. The molecule has 4 rings (SSSR count). The fourth-order valence-corrected chi connectivity index (χ4v) is 4.45. The molecule has 2 N–H and O–H groups in total. The molecule has 0 spiro atoms. The molecule has 2 aromatic heterocycles. The lowest BCUT2D eigenvalue weighted by Gasteiger charge is -2.12. The quantitative estimate of drug-likeness (QED) is 0.420. The summed E-state index contributed by atoms with van der Waals surface area (Å²) >= 11 is 1.62. The first-order valence-corrected chi connectivity index (χ1v) is 11.0. The molecule has 0 saturated carbocycles. The Labute approximate surface area is 185 Å². The lowest BCUT2D eigenvalue weighted by molar-refractivity contribution is 0.252. The third-order valence-electron chi connectivity index (χ3n) is 4.91. The van der Waals surface area contributed by atoms with E-state index in [0.29, 0.717) is 12.3 Å². The molecule has 0 aliphatic carbocycles. The van der Waals surface area contributed by atoms with Gasteiger partial charge in [-0.25, -0.2) is 9.78 Å². The average molecular weight is 433 g/mol. The number of aromatic nitrogens is 4. The number of urea groups is 1. The fraction of sp³-hybridized carbons (Fsp3) is 0.217. The minimum atomic E-state index is -0.210.